The molecule has 0 radical (unpaired) electrons. The van der Waals surface area contributed by atoms with Crippen LogP contribution in [0.3, 0.4) is 0 Å². The second-order valence-corrected chi connectivity index (χ2v) is 1.91. The third kappa shape index (κ3) is 1.99. The first-order valence-electron chi connectivity index (χ1n) is 2.78. The van der Waals surface area contributed by atoms with Crippen LogP contribution in [0.15, 0.2) is 15.7 Å². The maximum absolute atomic E-state index is 12.5. The van der Waals surface area contributed by atoms with Crippen LogP contribution in [0.2, 0.25) is 0 Å². The summed E-state index contributed by atoms with van der Waals surface area (Å²) in [6, 6.07) is 0.476. The number of rotatable bonds is 1. The van der Waals surface area contributed by atoms with Crippen LogP contribution in [0.1, 0.15) is 10.5 Å². The van der Waals surface area contributed by atoms with Crippen molar-refractivity contribution in [2.45, 2.75) is 0 Å². The molecule has 0 unspecified atom stereocenters. The average molecular weight is 192 g/mol. The molecule has 0 amide bonds. The number of H-pyrrole nitrogens is 1. The van der Waals surface area contributed by atoms with E-state index in [1.807, 2.05) is 0 Å². The predicted molar refractivity (Wildman–Crippen MR) is 38.4 cm³/mol. The second-order valence-electron chi connectivity index (χ2n) is 1.91. The quantitative estimate of drug-likeness (QED) is 0.541. The summed E-state index contributed by atoms with van der Waals surface area (Å²) in [4.78, 5) is 32.0. The Kier molecular flexibility index (Phi) is 3.08. The molecular weight excluding hydrogens is 187 g/mol. The van der Waals surface area contributed by atoms with Gasteiger partial charge in [0.2, 0.25) is 0 Å². The Morgan fingerprint density at radius 1 is 1.54 bits per heavy atom. The summed E-state index contributed by atoms with van der Waals surface area (Å²) in [5.74, 6) is -1.68. The van der Waals surface area contributed by atoms with Crippen LogP contribution in [-0.4, -0.2) is 26.3 Å². The van der Waals surface area contributed by atoms with Gasteiger partial charge in [-0.25, -0.2) is 9.59 Å². The number of hydrogen-bond acceptors (Lipinski definition) is 3. The van der Waals surface area contributed by atoms with Crippen LogP contribution in [0, 0.1) is 0 Å². The third-order valence-electron chi connectivity index (χ3n) is 1.11. The zero-order chi connectivity index (χ0) is 9.30. The molecule has 1 rings (SSSR count). The third-order valence-corrected chi connectivity index (χ3v) is 1.11. The van der Waals surface area contributed by atoms with Crippen molar-refractivity contribution in [3.05, 3.63) is 32.6 Å². The highest BCUT2D eigenvalue weighted by molar-refractivity contribution is 5.85. The fourth-order valence-corrected chi connectivity index (χ4v) is 0.627. The van der Waals surface area contributed by atoms with E-state index in [-0.39, 0.29) is 5.48 Å². The second kappa shape index (κ2) is 3.63. The van der Waals surface area contributed by atoms with Gasteiger partial charge in [0, 0.05) is 6.07 Å². The molecule has 72 valence electrons. The van der Waals surface area contributed by atoms with E-state index in [2.05, 4.69) is 0 Å². The highest BCUT2D eigenvalue weighted by Gasteiger charge is 2.11. The van der Waals surface area contributed by atoms with Crippen LogP contribution in [0.4, 0.5) is 4.48 Å². The minimum Gasteiger partial charge on any atom is -0.476 e. The fraction of sp³-hybridized carbons (Fsp3) is 0. The van der Waals surface area contributed by atoms with Crippen molar-refractivity contribution in [2.75, 3.05) is 0 Å². The Labute approximate surface area is 69.3 Å². The van der Waals surface area contributed by atoms with Gasteiger partial charge in [-0.1, -0.05) is 4.48 Å². The van der Waals surface area contributed by atoms with Crippen LogP contribution in [-0.2, 0) is 0 Å². The number of hydrogen-bond donors (Lipinski definition) is 2. The standard InChI is InChI=1S/C5H3FN2O4.H2O/c6-8-2(4(10)11)1-3(9)7-5(8)12;/h1H,(H,10,11)(H,7,9,12);1H2. The van der Waals surface area contributed by atoms with Gasteiger partial charge in [0.05, 0.1) is 0 Å². The first-order valence-corrected chi connectivity index (χ1v) is 2.78. The van der Waals surface area contributed by atoms with Gasteiger partial charge in [0.1, 0.15) is 0 Å². The smallest absolute Gasteiger partial charge is 0.357 e. The van der Waals surface area contributed by atoms with E-state index >= 15 is 0 Å². The molecule has 0 saturated carbocycles. The van der Waals surface area contributed by atoms with Gasteiger partial charge < -0.3 is 10.6 Å². The molecule has 4 N–H and O–H groups in total. The molecule has 1 aromatic heterocycles. The Bertz CT molecular complexity index is 433. The maximum atomic E-state index is 12.5. The first kappa shape index (κ1) is 11.0. The van der Waals surface area contributed by atoms with Crippen molar-refractivity contribution >= 4 is 5.97 Å². The minimum atomic E-state index is -1.68. The van der Waals surface area contributed by atoms with E-state index in [0.29, 0.717) is 6.07 Å². The summed E-state index contributed by atoms with van der Waals surface area (Å²) in [5, 5.41) is 8.26. The lowest BCUT2D eigenvalue weighted by Gasteiger charge is -1.95. The molecule has 0 fully saturated rings. The molecule has 0 aliphatic rings. The van der Waals surface area contributed by atoms with E-state index in [1.165, 1.54) is 0 Å². The van der Waals surface area contributed by atoms with Crippen molar-refractivity contribution in [2.24, 2.45) is 0 Å². The zero-order valence-electron chi connectivity index (χ0n) is 6.07. The van der Waals surface area contributed by atoms with Gasteiger partial charge in [0.15, 0.2) is 5.69 Å². The van der Waals surface area contributed by atoms with Gasteiger partial charge in [-0.15, -0.1) is 4.79 Å². The molecule has 1 aromatic rings. The molecule has 8 heteroatoms. The van der Waals surface area contributed by atoms with E-state index < -0.39 is 27.7 Å². The zero-order valence-corrected chi connectivity index (χ0v) is 6.07. The number of nitrogens with one attached hydrogen (secondary N) is 1. The van der Waals surface area contributed by atoms with Crippen molar-refractivity contribution in [1.29, 1.82) is 0 Å². The number of carboxylic acids is 1. The molecule has 0 spiro atoms. The number of nitrogens with zero attached hydrogens (tertiary/aromatic N) is 1. The SMILES string of the molecule is O.O=C(O)c1cc(=O)[nH]c(=O)n1F. The molecule has 13 heavy (non-hydrogen) atoms. The molecule has 0 aromatic carbocycles. The molecule has 7 nitrogen and oxygen atoms in total. The Balaban J connectivity index is 0.00000144. The molecule has 1 heterocycles. The van der Waals surface area contributed by atoms with Crippen LogP contribution >= 0.6 is 0 Å². The van der Waals surface area contributed by atoms with Crippen LogP contribution in [0.5, 0.6) is 0 Å². The van der Waals surface area contributed by atoms with Gasteiger partial charge >= 0.3 is 11.7 Å². The van der Waals surface area contributed by atoms with E-state index in [0.717, 1.165) is 0 Å². The summed E-state index contributed by atoms with van der Waals surface area (Å²) in [6.45, 7) is 0. The van der Waals surface area contributed by atoms with Gasteiger partial charge in [0.25, 0.3) is 5.56 Å². The number of aromatic amines is 1. The van der Waals surface area contributed by atoms with E-state index in [4.69, 9.17) is 5.11 Å². The summed E-state index contributed by atoms with van der Waals surface area (Å²) < 4.78 is 12.5. The maximum Gasteiger partial charge on any atom is 0.357 e. The molecular formula is C5H5FN2O5. The Morgan fingerprint density at radius 3 is 2.54 bits per heavy atom. The average Bonchev–Trinajstić information content (AvgIpc) is 1.96. The highest BCUT2D eigenvalue weighted by atomic mass is 19.2. The van der Waals surface area contributed by atoms with Crippen LogP contribution in [0.25, 0.3) is 0 Å². The lowest BCUT2D eigenvalue weighted by molar-refractivity contribution is 0.0668. The normalized spacial score (nSPS) is 9.00. The van der Waals surface area contributed by atoms with Gasteiger partial charge in [-0.05, 0) is 0 Å². The largest absolute Gasteiger partial charge is 0.476 e. The summed E-state index contributed by atoms with van der Waals surface area (Å²) >= 11 is 0. The minimum absolute atomic E-state index is 0. The molecule has 0 saturated heterocycles. The molecule has 0 aliphatic carbocycles. The topological polar surface area (TPSA) is 124 Å². The first-order chi connectivity index (χ1) is 5.52. The Morgan fingerprint density at radius 2 is 2.08 bits per heavy atom. The summed E-state index contributed by atoms with van der Waals surface area (Å²) in [5.41, 5.74) is -3.35. The number of aromatic carboxylic acids is 1. The fourth-order valence-electron chi connectivity index (χ4n) is 0.627. The Hall–Kier alpha value is -1.96. The van der Waals surface area contributed by atoms with E-state index in [9.17, 15) is 18.9 Å². The number of carboxylic acid groups (broad SMARTS) is 1. The molecule has 0 atom stereocenters. The van der Waals surface area contributed by atoms with Crippen molar-refractivity contribution in [3.8, 4) is 0 Å². The predicted octanol–water partition coefficient (Wildman–Crippen LogP) is -1.86. The van der Waals surface area contributed by atoms with E-state index in [1.54, 1.807) is 4.98 Å². The summed E-state index contributed by atoms with van der Waals surface area (Å²) in [6.07, 6.45) is 0. The van der Waals surface area contributed by atoms with Gasteiger partial charge in [-0.3, -0.25) is 9.78 Å². The van der Waals surface area contributed by atoms with Crippen molar-refractivity contribution in [3.63, 3.8) is 0 Å². The lowest BCUT2D eigenvalue weighted by atomic mass is 10.4. The van der Waals surface area contributed by atoms with Gasteiger partial charge in [-0.2, -0.15) is 0 Å². The van der Waals surface area contributed by atoms with Crippen molar-refractivity contribution < 1.29 is 19.9 Å². The lowest BCUT2D eigenvalue weighted by Crippen LogP contribution is -2.30. The van der Waals surface area contributed by atoms with Crippen molar-refractivity contribution in [1.82, 2.24) is 9.77 Å². The monoisotopic (exact) mass is 192 g/mol. The number of halogens is 1. The molecule has 0 aliphatic heterocycles. The number of carbonyl (C=O) groups is 1. The van der Waals surface area contributed by atoms with Crippen LogP contribution < -0.4 is 11.2 Å². The summed E-state index contributed by atoms with van der Waals surface area (Å²) in [7, 11) is 0. The highest BCUT2D eigenvalue weighted by Crippen LogP contribution is 1.90. The number of aromatic nitrogens is 2. The molecule has 0 bridgehead atoms.